The van der Waals surface area contributed by atoms with Crippen LogP contribution in [0.25, 0.3) is 11.1 Å². The van der Waals surface area contributed by atoms with Gasteiger partial charge in [0.05, 0.1) is 6.20 Å². The molecule has 0 saturated carbocycles. The molecular formula is C13H13FN2. The predicted octanol–water partition coefficient (Wildman–Crippen LogP) is 3.03. The number of fused-ring (bicyclic) bond motifs is 1. The number of benzene rings is 1. The number of rotatable bonds is 1. The van der Waals surface area contributed by atoms with Gasteiger partial charge in [0.25, 0.3) is 0 Å². The molecule has 1 aliphatic rings. The van der Waals surface area contributed by atoms with Crippen molar-refractivity contribution in [2.75, 3.05) is 0 Å². The monoisotopic (exact) mass is 216 g/mol. The molecule has 1 aromatic heterocycles. The molecule has 0 saturated heterocycles. The van der Waals surface area contributed by atoms with E-state index in [1.54, 1.807) is 0 Å². The van der Waals surface area contributed by atoms with Gasteiger partial charge in [0.2, 0.25) is 0 Å². The average Bonchev–Trinajstić information content (AvgIpc) is 2.74. The van der Waals surface area contributed by atoms with Gasteiger partial charge >= 0.3 is 0 Å². The van der Waals surface area contributed by atoms with Crippen molar-refractivity contribution in [3.8, 4) is 11.1 Å². The Labute approximate surface area is 93.7 Å². The van der Waals surface area contributed by atoms with Crippen LogP contribution in [0, 0.1) is 5.82 Å². The van der Waals surface area contributed by atoms with E-state index in [0.29, 0.717) is 0 Å². The zero-order chi connectivity index (χ0) is 11.0. The summed E-state index contributed by atoms with van der Waals surface area (Å²) >= 11 is 0. The molecule has 3 heteroatoms. The molecule has 0 N–H and O–H groups in total. The van der Waals surface area contributed by atoms with Crippen molar-refractivity contribution in [3.63, 3.8) is 0 Å². The van der Waals surface area contributed by atoms with E-state index in [1.807, 2.05) is 18.3 Å². The molecule has 0 bridgehead atoms. The van der Waals surface area contributed by atoms with E-state index < -0.39 is 0 Å². The molecule has 82 valence electrons. The lowest BCUT2D eigenvalue weighted by atomic mass is 10.0. The molecule has 2 heterocycles. The van der Waals surface area contributed by atoms with Gasteiger partial charge in [-0.1, -0.05) is 12.1 Å². The van der Waals surface area contributed by atoms with Gasteiger partial charge in [-0.25, -0.2) is 4.39 Å². The van der Waals surface area contributed by atoms with Crippen molar-refractivity contribution in [1.82, 2.24) is 9.78 Å². The third-order valence-corrected chi connectivity index (χ3v) is 3.14. The van der Waals surface area contributed by atoms with E-state index in [-0.39, 0.29) is 5.82 Å². The van der Waals surface area contributed by atoms with E-state index in [1.165, 1.54) is 30.7 Å². The van der Waals surface area contributed by atoms with E-state index in [2.05, 4.69) is 9.78 Å². The average molecular weight is 216 g/mol. The number of hydrogen-bond donors (Lipinski definition) is 0. The Bertz CT molecular complexity index is 499. The summed E-state index contributed by atoms with van der Waals surface area (Å²) < 4.78 is 14.9. The third kappa shape index (κ3) is 1.52. The number of halogens is 1. The minimum atomic E-state index is -0.190. The summed E-state index contributed by atoms with van der Waals surface area (Å²) in [5, 5.41) is 4.38. The van der Waals surface area contributed by atoms with Crippen molar-refractivity contribution in [3.05, 3.63) is 42.0 Å². The van der Waals surface area contributed by atoms with Crippen LogP contribution in [0.5, 0.6) is 0 Å². The summed E-state index contributed by atoms with van der Waals surface area (Å²) in [6, 6.07) is 6.65. The molecule has 0 unspecified atom stereocenters. The van der Waals surface area contributed by atoms with Crippen molar-refractivity contribution in [2.24, 2.45) is 0 Å². The molecule has 0 aliphatic carbocycles. The summed E-state index contributed by atoms with van der Waals surface area (Å²) in [6.45, 7) is 1.01. The smallest absolute Gasteiger partial charge is 0.123 e. The second-order valence-corrected chi connectivity index (χ2v) is 4.19. The van der Waals surface area contributed by atoms with E-state index >= 15 is 0 Å². The van der Waals surface area contributed by atoms with Gasteiger partial charge in [0, 0.05) is 17.8 Å². The molecule has 0 atom stereocenters. The predicted molar refractivity (Wildman–Crippen MR) is 60.6 cm³/mol. The third-order valence-electron chi connectivity index (χ3n) is 3.14. The van der Waals surface area contributed by atoms with Crippen LogP contribution in [0.2, 0.25) is 0 Å². The molecule has 2 aromatic rings. The first-order valence-electron chi connectivity index (χ1n) is 5.65. The second-order valence-electron chi connectivity index (χ2n) is 4.19. The number of nitrogens with zero attached hydrogens (tertiary/aromatic N) is 2. The lowest BCUT2D eigenvalue weighted by Gasteiger charge is -2.14. The Hall–Kier alpha value is -1.64. The summed E-state index contributed by atoms with van der Waals surface area (Å²) in [4.78, 5) is 0. The lowest BCUT2D eigenvalue weighted by molar-refractivity contribution is 0.487. The highest BCUT2D eigenvalue weighted by Crippen LogP contribution is 2.27. The zero-order valence-electron chi connectivity index (χ0n) is 8.99. The highest BCUT2D eigenvalue weighted by Gasteiger charge is 2.15. The second kappa shape index (κ2) is 3.74. The van der Waals surface area contributed by atoms with Gasteiger partial charge in [-0.15, -0.1) is 0 Å². The highest BCUT2D eigenvalue weighted by atomic mass is 19.1. The zero-order valence-corrected chi connectivity index (χ0v) is 8.99. The van der Waals surface area contributed by atoms with Gasteiger partial charge in [-0.05, 0) is 37.0 Å². The maximum Gasteiger partial charge on any atom is 0.123 e. The van der Waals surface area contributed by atoms with Crippen LogP contribution in [0.3, 0.4) is 0 Å². The standard InChI is InChI=1S/C13H13FN2/c14-11-6-4-10(5-7-11)12-9-15-16-8-2-1-3-13(12)16/h4-7,9H,1-3,8H2. The molecule has 0 spiro atoms. The Morgan fingerprint density at radius 1 is 1.12 bits per heavy atom. The topological polar surface area (TPSA) is 17.8 Å². The minimum Gasteiger partial charge on any atom is -0.269 e. The Kier molecular flexibility index (Phi) is 2.24. The van der Waals surface area contributed by atoms with Crippen LogP contribution in [-0.4, -0.2) is 9.78 Å². The Balaban J connectivity index is 2.06. The fraction of sp³-hybridized carbons (Fsp3) is 0.308. The van der Waals surface area contributed by atoms with Gasteiger partial charge < -0.3 is 0 Å². The largest absolute Gasteiger partial charge is 0.269 e. The molecular weight excluding hydrogens is 203 g/mol. The fourth-order valence-corrected chi connectivity index (χ4v) is 2.29. The van der Waals surface area contributed by atoms with Crippen molar-refractivity contribution in [2.45, 2.75) is 25.8 Å². The van der Waals surface area contributed by atoms with Gasteiger partial charge in [-0.3, -0.25) is 4.68 Å². The lowest BCUT2D eigenvalue weighted by Crippen LogP contribution is -2.11. The molecule has 2 nitrogen and oxygen atoms in total. The van der Waals surface area contributed by atoms with Crippen molar-refractivity contribution < 1.29 is 4.39 Å². The quantitative estimate of drug-likeness (QED) is 0.716. The van der Waals surface area contributed by atoms with E-state index in [0.717, 1.165) is 24.1 Å². The summed E-state index contributed by atoms with van der Waals surface area (Å²) in [7, 11) is 0. The van der Waals surface area contributed by atoms with Gasteiger partial charge in [0.1, 0.15) is 5.82 Å². The minimum absolute atomic E-state index is 0.190. The molecule has 0 amide bonds. The van der Waals surface area contributed by atoms with Crippen LogP contribution in [-0.2, 0) is 13.0 Å². The van der Waals surface area contributed by atoms with Crippen LogP contribution in [0.4, 0.5) is 4.39 Å². The van der Waals surface area contributed by atoms with Crippen molar-refractivity contribution >= 4 is 0 Å². The molecule has 0 radical (unpaired) electrons. The SMILES string of the molecule is Fc1ccc(-c2cnn3c2CCCC3)cc1. The van der Waals surface area contributed by atoms with E-state index in [4.69, 9.17) is 0 Å². The summed E-state index contributed by atoms with van der Waals surface area (Å²) in [5.41, 5.74) is 3.50. The first-order chi connectivity index (χ1) is 7.84. The van der Waals surface area contributed by atoms with Crippen LogP contribution >= 0.6 is 0 Å². The molecule has 16 heavy (non-hydrogen) atoms. The van der Waals surface area contributed by atoms with Gasteiger partial charge in [0.15, 0.2) is 0 Å². The fourth-order valence-electron chi connectivity index (χ4n) is 2.29. The van der Waals surface area contributed by atoms with Gasteiger partial charge in [-0.2, -0.15) is 5.10 Å². The van der Waals surface area contributed by atoms with Crippen molar-refractivity contribution in [1.29, 1.82) is 0 Å². The molecule has 0 fully saturated rings. The molecule has 3 rings (SSSR count). The normalized spacial score (nSPS) is 14.8. The Morgan fingerprint density at radius 3 is 2.75 bits per heavy atom. The molecule has 1 aromatic carbocycles. The summed E-state index contributed by atoms with van der Waals surface area (Å²) in [6.07, 6.45) is 5.40. The van der Waals surface area contributed by atoms with Crippen LogP contribution < -0.4 is 0 Å². The maximum absolute atomic E-state index is 12.8. The van der Waals surface area contributed by atoms with Crippen LogP contribution in [0.15, 0.2) is 30.5 Å². The molecule has 1 aliphatic heterocycles. The number of aromatic nitrogens is 2. The van der Waals surface area contributed by atoms with E-state index in [9.17, 15) is 4.39 Å². The highest BCUT2D eigenvalue weighted by molar-refractivity contribution is 5.65. The summed E-state index contributed by atoms with van der Waals surface area (Å²) in [5.74, 6) is -0.190. The Morgan fingerprint density at radius 2 is 1.94 bits per heavy atom. The maximum atomic E-state index is 12.8. The number of hydrogen-bond acceptors (Lipinski definition) is 1. The van der Waals surface area contributed by atoms with Crippen LogP contribution in [0.1, 0.15) is 18.5 Å². The first-order valence-corrected chi connectivity index (χ1v) is 5.65. The number of aryl methyl sites for hydroxylation is 1. The first kappa shape index (κ1) is 9.58.